The molecule has 122 valence electrons. The number of benzene rings is 1. The van der Waals surface area contributed by atoms with Gasteiger partial charge in [0.15, 0.2) is 0 Å². The smallest absolute Gasteiger partial charge is 0.409 e. The topological polar surface area (TPSA) is 65.6 Å². The van der Waals surface area contributed by atoms with Gasteiger partial charge in [-0.25, -0.2) is 4.79 Å². The molecule has 2 amide bonds. The van der Waals surface area contributed by atoms with Gasteiger partial charge in [0, 0.05) is 37.9 Å². The highest BCUT2D eigenvalue weighted by Gasteiger charge is 2.24. The van der Waals surface area contributed by atoms with E-state index in [-0.39, 0.29) is 12.0 Å². The highest BCUT2D eigenvalue weighted by molar-refractivity contribution is 5.83. The molecule has 1 aliphatic rings. The first-order valence-corrected chi connectivity index (χ1v) is 7.93. The molecule has 2 heterocycles. The lowest BCUT2D eigenvalue weighted by Gasteiger charge is -2.34. The van der Waals surface area contributed by atoms with Gasteiger partial charge in [0.25, 0.3) is 0 Å². The third-order valence-corrected chi connectivity index (χ3v) is 4.13. The third kappa shape index (κ3) is 3.47. The van der Waals surface area contributed by atoms with Crippen LogP contribution in [0.3, 0.4) is 0 Å². The second-order valence-corrected chi connectivity index (χ2v) is 5.64. The average Bonchev–Trinajstić information content (AvgIpc) is 3.03. The predicted molar refractivity (Wildman–Crippen MR) is 87.2 cm³/mol. The Kier molecular flexibility index (Phi) is 4.50. The maximum atomic E-state index is 12.4. The Bertz CT molecular complexity index is 702. The van der Waals surface area contributed by atoms with E-state index in [9.17, 15) is 9.59 Å². The van der Waals surface area contributed by atoms with Crippen LogP contribution in [-0.4, -0.2) is 59.6 Å². The number of aromatic amines is 1. The molecule has 0 radical (unpaired) electrons. The maximum absolute atomic E-state index is 12.4. The van der Waals surface area contributed by atoms with Crippen molar-refractivity contribution in [3.8, 4) is 0 Å². The van der Waals surface area contributed by atoms with E-state index in [2.05, 4.69) is 4.98 Å². The van der Waals surface area contributed by atoms with Gasteiger partial charge in [-0.3, -0.25) is 4.79 Å². The molecule has 6 heteroatoms. The van der Waals surface area contributed by atoms with Crippen LogP contribution in [0, 0.1) is 0 Å². The van der Waals surface area contributed by atoms with Crippen LogP contribution in [0.5, 0.6) is 0 Å². The predicted octanol–water partition coefficient (Wildman–Crippen LogP) is 2.01. The highest BCUT2D eigenvalue weighted by atomic mass is 16.6. The van der Waals surface area contributed by atoms with Gasteiger partial charge >= 0.3 is 6.09 Å². The summed E-state index contributed by atoms with van der Waals surface area (Å²) in [7, 11) is 0. The molecule has 1 N–H and O–H groups in total. The summed E-state index contributed by atoms with van der Waals surface area (Å²) in [5, 5.41) is 1.14. The van der Waals surface area contributed by atoms with Crippen LogP contribution < -0.4 is 0 Å². The van der Waals surface area contributed by atoms with Crippen molar-refractivity contribution in [1.82, 2.24) is 14.8 Å². The van der Waals surface area contributed by atoms with Crippen molar-refractivity contribution >= 4 is 22.9 Å². The van der Waals surface area contributed by atoms with Crippen molar-refractivity contribution in [3.05, 3.63) is 36.0 Å². The molecule has 0 saturated carbocycles. The summed E-state index contributed by atoms with van der Waals surface area (Å²) in [5.74, 6) is 0.0967. The minimum Gasteiger partial charge on any atom is -0.450 e. The average molecular weight is 315 g/mol. The van der Waals surface area contributed by atoms with Crippen LogP contribution in [0.1, 0.15) is 12.5 Å². The fourth-order valence-electron chi connectivity index (χ4n) is 2.84. The number of fused-ring (bicyclic) bond motifs is 1. The number of H-pyrrole nitrogens is 1. The van der Waals surface area contributed by atoms with Crippen molar-refractivity contribution in [2.45, 2.75) is 13.3 Å². The maximum Gasteiger partial charge on any atom is 0.409 e. The molecule has 0 bridgehead atoms. The Labute approximate surface area is 135 Å². The molecule has 1 aliphatic heterocycles. The van der Waals surface area contributed by atoms with E-state index in [1.165, 1.54) is 0 Å². The second kappa shape index (κ2) is 6.73. The summed E-state index contributed by atoms with van der Waals surface area (Å²) >= 11 is 0. The lowest BCUT2D eigenvalue weighted by molar-refractivity contribution is -0.132. The van der Waals surface area contributed by atoms with E-state index in [4.69, 9.17) is 4.74 Å². The zero-order valence-electron chi connectivity index (χ0n) is 13.2. The zero-order valence-corrected chi connectivity index (χ0v) is 13.2. The summed E-state index contributed by atoms with van der Waals surface area (Å²) in [4.78, 5) is 30.7. The molecule has 0 aliphatic carbocycles. The van der Waals surface area contributed by atoms with Crippen molar-refractivity contribution < 1.29 is 14.3 Å². The molecule has 23 heavy (non-hydrogen) atoms. The van der Waals surface area contributed by atoms with Gasteiger partial charge < -0.3 is 19.5 Å². The van der Waals surface area contributed by atoms with Gasteiger partial charge in [0.05, 0.1) is 13.0 Å². The van der Waals surface area contributed by atoms with Gasteiger partial charge in [0.2, 0.25) is 5.91 Å². The normalized spacial score (nSPS) is 15.0. The van der Waals surface area contributed by atoms with Gasteiger partial charge in [-0.2, -0.15) is 0 Å². The molecule has 1 aromatic carbocycles. The molecule has 1 aromatic heterocycles. The number of hydrogen-bond acceptors (Lipinski definition) is 3. The highest BCUT2D eigenvalue weighted by Crippen LogP contribution is 2.15. The third-order valence-electron chi connectivity index (χ3n) is 4.13. The fraction of sp³-hybridized carbons (Fsp3) is 0.412. The van der Waals surface area contributed by atoms with Crippen molar-refractivity contribution in [2.75, 3.05) is 32.8 Å². The second-order valence-electron chi connectivity index (χ2n) is 5.64. The van der Waals surface area contributed by atoms with Crippen LogP contribution in [0.25, 0.3) is 10.9 Å². The molecule has 6 nitrogen and oxygen atoms in total. The van der Waals surface area contributed by atoms with Gasteiger partial charge in [-0.1, -0.05) is 12.1 Å². The van der Waals surface area contributed by atoms with Gasteiger partial charge in [-0.05, 0) is 30.0 Å². The van der Waals surface area contributed by atoms with E-state index in [1.807, 2.05) is 35.4 Å². The first kappa shape index (κ1) is 15.4. The largest absolute Gasteiger partial charge is 0.450 e. The Hall–Kier alpha value is -2.50. The molecule has 1 fully saturated rings. The van der Waals surface area contributed by atoms with Crippen LogP contribution in [-0.2, 0) is 16.0 Å². The lowest BCUT2D eigenvalue weighted by atomic mass is 10.1. The monoisotopic (exact) mass is 315 g/mol. The van der Waals surface area contributed by atoms with Crippen LogP contribution >= 0.6 is 0 Å². The zero-order chi connectivity index (χ0) is 16.2. The Morgan fingerprint density at radius 3 is 2.61 bits per heavy atom. The molecular weight excluding hydrogens is 294 g/mol. The molecule has 0 unspecified atom stereocenters. The number of aromatic nitrogens is 1. The first-order chi connectivity index (χ1) is 11.2. The summed E-state index contributed by atoms with van der Waals surface area (Å²) < 4.78 is 4.99. The number of hydrogen-bond donors (Lipinski definition) is 1. The number of ether oxygens (including phenoxy) is 1. The summed E-state index contributed by atoms with van der Waals surface area (Å²) in [6.45, 7) is 4.34. The van der Waals surface area contributed by atoms with Crippen LogP contribution in [0.15, 0.2) is 30.5 Å². The minimum absolute atomic E-state index is 0.0967. The number of nitrogens with zero attached hydrogens (tertiary/aromatic N) is 2. The summed E-state index contributed by atoms with van der Waals surface area (Å²) in [6, 6.07) is 8.04. The number of nitrogens with one attached hydrogen (secondary N) is 1. The fourth-order valence-corrected chi connectivity index (χ4v) is 2.84. The SMILES string of the molecule is CCOC(=O)N1CCN(C(=O)Cc2ccc3cc[nH]c3c2)CC1. The number of piperazine rings is 1. The quantitative estimate of drug-likeness (QED) is 0.942. The van der Waals surface area contributed by atoms with E-state index < -0.39 is 0 Å². The first-order valence-electron chi connectivity index (χ1n) is 7.93. The number of rotatable bonds is 3. The standard InChI is InChI=1S/C17H21N3O3/c1-2-23-17(22)20-9-7-19(8-10-20)16(21)12-13-3-4-14-5-6-18-15(14)11-13/h3-6,11,18H,2,7-10,12H2,1H3. The number of amides is 2. The van der Waals surface area contributed by atoms with Crippen LogP contribution in [0.2, 0.25) is 0 Å². The van der Waals surface area contributed by atoms with Gasteiger partial charge in [0.1, 0.15) is 0 Å². The molecule has 1 saturated heterocycles. The molecule has 0 atom stereocenters. The van der Waals surface area contributed by atoms with Crippen molar-refractivity contribution in [1.29, 1.82) is 0 Å². The van der Waals surface area contributed by atoms with Crippen molar-refractivity contribution in [3.63, 3.8) is 0 Å². The number of carbonyl (C=O) groups is 2. The lowest BCUT2D eigenvalue weighted by Crippen LogP contribution is -2.51. The van der Waals surface area contributed by atoms with Crippen molar-refractivity contribution in [2.24, 2.45) is 0 Å². The Morgan fingerprint density at radius 2 is 1.87 bits per heavy atom. The van der Waals surface area contributed by atoms with E-state index >= 15 is 0 Å². The van der Waals surface area contributed by atoms with Gasteiger partial charge in [-0.15, -0.1) is 0 Å². The van der Waals surface area contributed by atoms with E-state index in [1.54, 1.807) is 11.8 Å². The molecule has 2 aromatic rings. The number of carbonyl (C=O) groups excluding carboxylic acids is 2. The molecule has 3 rings (SSSR count). The molecule has 0 spiro atoms. The van der Waals surface area contributed by atoms with E-state index in [0.717, 1.165) is 16.5 Å². The Balaban J connectivity index is 1.56. The van der Waals surface area contributed by atoms with E-state index in [0.29, 0.717) is 39.2 Å². The summed E-state index contributed by atoms with van der Waals surface area (Å²) in [5.41, 5.74) is 2.04. The Morgan fingerprint density at radius 1 is 1.13 bits per heavy atom. The van der Waals surface area contributed by atoms with Crippen LogP contribution in [0.4, 0.5) is 4.79 Å². The molecular formula is C17H21N3O3. The summed E-state index contributed by atoms with van der Waals surface area (Å²) in [6.07, 6.45) is 1.98. The minimum atomic E-state index is -0.295.